The van der Waals surface area contributed by atoms with Gasteiger partial charge < -0.3 is 10.2 Å². The van der Waals surface area contributed by atoms with E-state index in [-0.39, 0.29) is 26.4 Å². The number of nitrogens with zero attached hydrogens (tertiary/aromatic N) is 1. The highest BCUT2D eigenvalue weighted by molar-refractivity contribution is 9.07. The monoisotopic (exact) mass is 215 g/mol. The van der Waals surface area contributed by atoms with Gasteiger partial charge in [-0.2, -0.15) is 0 Å². The van der Waals surface area contributed by atoms with Crippen LogP contribution in [0.15, 0.2) is 0 Å². The van der Waals surface area contributed by atoms with Crippen LogP contribution in [0.1, 0.15) is 0 Å². The number of hydrogen-bond donors (Lipinski definition) is 2. The third kappa shape index (κ3) is 6.40. The Balaban J connectivity index is 3.00. The molecule has 10 heavy (non-hydrogen) atoms. The second-order valence-corrected chi connectivity index (χ2v) is 1.91. The number of aliphatic hydroxyl groups is 2. The molecule has 0 unspecified atom stereocenters. The zero-order chi connectivity index (χ0) is 7.82. The lowest BCUT2D eigenvalue weighted by Crippen LogP contribution is -2.17. The molecular weight excluding hydrogens is 206 g/mol. The molecule has 2 N–H and O–H groups in total. The molecule has 0 aromatic rings. The summed E-state index contributed by atoms with van der Waals surface area (Å²) in [6.07, 6.45) is 0. The Hall–Kier alpha value is 0.280. The van der Waals surface area contributed by atoms with E-state index >= 15 is 0 Å². The SMILES string of the molecule is OCCON(Br)OCCO. The van der Waals surface area contributed by atoms with Crippen LogP contribution in [0.25, 0.3) is 0 Å². The second-order valence-electron chi connectivity index (χ2n) is 1.33. The van der Waals surface area contributed by atoms with Crippen LogP contribution in [-0.2, 0) is 9.68 Å². The van der Waals surface area contributed by atoms with Crippen LogP contribution >= 0.6 is 16.1 Å². The lowest BCUT2D eigenvalue weighted by Gasteiger charge is -2.11. The fourth-order valence-corrected chi connectivity index (χ4v) is 0.552. The summed E-state index contributed by atoms with van der Waals surface area (Å²) >= 11 is 2.85. The van der Waals surface area contributed by atoms with Crippen molar-refractivity contribution in [3.05, 3.63) is 0 Å². The molecule has 0 saturated carbocycles. The molecular formula is C4H10BrNO4. The van der Waals surface area contributed by atoms with Gasteiger partial charge in [-0.1, -0.05) is 0 Å². The van der Waals surface area contributed by atoms with Crippen LogP contribution in [0, 0.1) is 0 Å². The predicted molar refractivity (Wildman–Crippen MR) is 36.8 cm³/mol. The Morgan fingerprint density at radius 3 is 1.80 bits per heavy atom. The first-order valence-corrected chi connectivity index (χ1v) is 3.45. The van der Waals surface area contributed by atoms with Crippen molar-refractivity contribution >= 4 is 16.1 Å². The summed E-state index contributed by atoms with van der Waals surface area (Å²) in [5, 5.41) is 16.5. The van der Waals surface area contributed by atoms with Gasteiger partial charge in [-0.25, -0.2) is 0 Å². The highest BCUT2D eigenvalue weighted by Gasteiger charge is 1.97. The van der Waals surface area contributed by atoms with Crippen LogP contribution in [0.4, 0.5) is 0 Å². The molecule has 0 aliphatic carbocycles. The molecule has 0 rings (SSSR count). The number of hydrogen-bond acceptors (Lipinski definition) is 5. The smallest absolute Gasteiger partial charge is 0.0952 e. The maximum Gasteiger partial charge on any atom is 0.0952 e. The standard InChI is InChI=1S/C4H10BrNO4/c5-6(9-3-1-7)10-4-2-8/h7-8H,1-4H2. The highest BCUT2D eigenvalue weighted by atomic mass is 79.9. The Labute approximate surface area is 67.4 Å². The summed E-state index contributed by atoms with van der Waals surface area (Å²) in [6.45, 7) is 0.141. The summed E-state index contributed by atoms with van der Waals surface area (Å²) in [4.78, 5) is 9.32. The Morgan fingerprint density at radius 1 is 1.10 bits per heavy atom. The third-order valence-electron chi connectivity index (χ3n) is 0.568. The second kappa shape index (κ2) is 7.39. The molecule has 0 fully saturated rings. The maximum atomic E-state index is 8.26. The van der Waals surface area contributed by atoms with Crippen LogP contribution < -0.4 is 0 Å². The van der Waals surface area contributed by atoms with E-state index < -0.39 is 0 Å². The molecule has 0 aliphatic heterocycles. The lowest BCUT2D eigenvalue weighted by molar-refractivity contribution is -0.291. The van der Waals surface area contributed by atoms with Crippen molar-refractivity contribution in [2.24, 2.45) is 0 Å². The molecule has 0 atom stereocenters. The normalized spacial score (nSPS) is 10.8. The zero-order valence-electron chi connectivity index (χ0n) is 5.36. The van der Waals surface area contributed by atoms with Crippen molar-refractivity contribution in [3.8, 4) is 0 Å². The van der Waals surface area contributed by atoms with Gasteiger partial charge in [-0.3, -0.25) is 9.68 Å². The molecule has 0 heterocycles. The minimum atomic E-state index is -0.0788. The van der Waals surface area contributed by atoms with Crippen molar-refractivity contribution in [1.82, 2.24) is 4.25 Å². The minimum absolute atomic E-state index is 0.0788. The fraction of sp³-hybridized carbons (Fsp3) is 1.00. The lowest BCUT2D eigenvalue weighted by atomic mass is 10.8. The molecule has 0 radical (unpaired) electrons. The van der Waals surface area contributed by atoms with E-state index in [1.54, 1.807) is 0 Å². The first-order chi connectivity index (χ1) is 4.81. The van der Waals surface area contributed by atoms with E-state index in [9.17, 15) is 0 Å². The van der Waals surface area contributed by atoms with Crippen LogP contribution in [-0.4, -0.2) is 40.9 Å². The third-order valence-corrected chi connectivity index (χ3v) is 0.978. The average molecular weight is 216 g/mol. The van der Waals surface area contributed by atoms with Gasteiger partial charge in [-0.05, 0) is 0 Å². The Morgan fingerprint density at radius 2 is 1.50 bits per heavy atom. The predicted octanol–water partition coefficient (Wildman–Crippen LogP) is -0.554. The van der Waals surface area contributed by atoms with Gasteiger partial charge in [0.1, 0.15) is 0 Å². The van der Waals surface area contributed by atoms with E-state index in [2.05, 4.69) is 25.8 Å². The molecule has 5 nitrogen and oxygen atoms in total. The van der Waals surface area contributed by atoms with E-state index in [1.165, 1.54) is 0 Å². The fourth-order valence-electron chi connectivity index (χ4n) is 0.262. The first kappa shape index (κ1) is 10.3. The summed E-state index contributed by atoms with van der Waals surface area (Å²) in [6, 6.07) is 0. The number of rotatable bonds is 6. The Kier molecular flexibility index (Phi) is 7.59. The molecule has 62 valence electrons. The molecule has 0 aromatic carbocycles. The van der Waals surface area contributed by atoms with Gasteiger partial charge in [0, 0.05) is 4.25 Å². The van der Waals surface area contributed by atoms with E-state index in [0.29, 0.717) is 0 Å². The molecule has 0 spiro atoms. The molecule has 0 aromatic heterocycles. The molecule has 0 saturated heterocycles. The van der Waals surface area contributed by atoms with Crippen molar-refractivity contribution in [2.45, 2.75) is 0 Å². The number of halogens is 1. The van der Waals surface area contributed by atoms with Gasteiger partial charge in [0.25, 0.3) is 0 Å². The topological polar surface area (TPSA) is 62.2 Å². The first-order valence-electron chi connectivity index (χ1n) is 2.74. The van der Waals surface area contributed by atoms with E-state index in [0.717, 1.165) is 4.25 Å². The largest absolute Gasteiger partial charge is 0.394 e. The van der Waals surface area contributed by atoms with Crippen molar-refractivity contribution < 1.29 is 19.9 Å². The van der Waals surface area contributed by atoms with Crippen molar-refractivity contribution in [3.63, 3.8) is 0 Å². The minimum Gasteiger partial charge on any atom is -0.394 e. The molecule has 0 bridgehead atoms. The van der Waals surface area contributed by atoms with Gasteiger partial charge in [0.05, 0.1) is 42.6 Å². The summed E-state index contributed by atoms with van der Waals surface area (Å²) in [5.41, 5.74) is 0. The molecule has 0 amide bonds. The quantitative estimate of drug-likeness (QED) is 0.460. The average Bonchev–Trinajstić information content (AvgIpc) is 1.97. The van der Waals surface area contributed by atoms with E-state index in [1.807, 2.05) is 0 Å². The van der Waals surface area contributed by atoms with Gasteiger partial charge in [-0.15, -0.1) is 0 Å². The van der Waals surface area contributed by atoms with Crippen LogP contribution in [0.2, 0.25) is 0 Å². The summed E-state index contributed by atoms with van der Waals surface area (Å²) in [5.74, 6) is 0. The Bertz CT molecular complexity index is 66.3. The van der Waals surface area contributed by atoms with E-state index in [4.69, 9.17) is 10.2 Å². The molecule has 6 heteroatoms. The van der Waals surface area contributed by atoms with Gasteiger partial charge in [0.2, 0.25) is 0 Å². The maximum absolute atomic E-state index is 8.26. The van der Waals surface area contributed by atoms with Crippen LogP contribution in [0.3, 0.4) is 0 Å². The highest BCUT2D eigenvalue weighted by Crippen LogP contribution is 1.98. The van der Waals surface area contributed by atoms with Gasteiger partial charge in [0.15, 0.2) is 0 Å². The summed E-state index contributed by atoms with van der Waals surface area (Å²) in [7, 11) is 0. The van der Waals surface area contributed by atoms with Crippen molar-refractivity contribution in [2.75, 3.05) is 26.4 Å². The van der Waals surface area contributed by atoms with Crippen LogP contribution in [0.5, 0.6) is 0 Å². The van der Waals surface area contributed by atoms with Crippen molar-refractivity contribution in [1.29, 1.82) is 0 Å². The number of aliphatic hydroxyl groups excluding tert-OH is 2. The molecule has 0 aliphatic rings. The van der Waals surface area contributed by atoms with Gasteiger partial charge >= 0.3 is 0 Å². The zero-order valence-corrected chi connectivity index (χ0v) is 6.95. The summed E-state index contributed by atoms with van der Waals surface area (Å²) < 4.78 is 0.916.